The van der Waals surface area contributed by atoms with Gasteiger partial charge in [-0.1, -0.05) is 12.1 Å². The first-order valence-corrected chi connectivity index (χ1v) is 6.50. The van der Waals surface area contributed by atoms with Gasteiger partial charge in [0.1, 0.15) is 0 Å². The number of isocyanates is 1. The summed E-state index contributed by atoms with van der Waals surface area (Å²) in [5.74, 6) is 0.0464. The molecule has 19 heavy (non-hydrogen) atoms. The van der Waals surface area contributed by atoms with E-state index in [9.17, 15) is 9.59 Å². The monoisotopic (exact) mass is 257 g/mol. The van der Waals surface area contributed by atoms with Gasteiger partial charge in [0.15, 0.2) is 0 Å². The van der Waals surface area contributed by atoms with Gasteiger partial charge in [-0.3, -0.25) is 15.2 Å². The van der Waals surface area contributed by atoms with Crippen molar-refractivity contribution >= 4 is 17.7 Å². The number of amides is 1. The average molecular weight is 257 g/mol. The molecular formula is C14H15N3O2. The van der Waals surface area contributed by atoms with E-state index in [-0.39, 0.29) is 11.4 Å². The first-order chi connectivity index (χ1) is 9.23. The van der Waals surface area contributed by atoms with E-state index >= 15 is 0 Å². The van der Waals surface area contributed by atoms with Gasteiger partial charge in [0, 0.05) is 13.0 Å². The van der Waals surface area contributed by atoms with Gasteiger partial charge in [-0.05, 0) is 37.0 Å². The third-order valence-corrected chi connectivity index (χ3v) is 3.98. The minimum Gasteiger partial charge on any atom is -0.285 e. The Labute approximate surface area is 111 Å². The molecule has 0 radical (unpaired) electrons. The first-order valence-electron chi connectivity index (χ1n) is 6.50. The van der Waals surface area contributed by atoms with E-state index in [1.165, 1.54) is 0 Å². The van der Waals surface area contributed by atoms with Gasteiger partial charge < -0.3 is 0 Å². The van der Waals surface area contributed by atoms with Crippen LogP contribution in [0.1, 0.15) is 31.2 Å². The van der Waals surface area contributed by atoms with E-state index in [0.717, 1.165) is 30.5 Å². The second kappa shape index (κ2) is 4.52. The molecule has 2 aliphatic rings. The van der Waals surface area contributed by atoms with Crippen molar-refractivity contribution in [2.75, 3.05) is 11.6 Å². The maximum absolute atomic E-state index is 11.2. The Kier molecular flexibility index (Phi) is 2.84. The lowest BCUT2D eigenvalue weighted by Gasteiger charge is -2.37. The van der Waals surface area contributed by atoms with Gasteiger partial charge in [0.05, 0.1) is 11.2 Å². The van der Waals surface area contributed by atoms with Crippen LogP contribution in [0.4, 0.5) is 5.69 Å². The zero-order valence-electron chi connectivity index (χ0n) is 10.6. The third-order valence-electron chi connectivity index (χ3n) is 3.98. The average Bonchev–Trinajstić information content (AvgIpc) is 2.81. The van der Waals surface area contributed by atoms with Crippen LogP contribution < -0.4 is 10.4 Å². The van der Waals surface area contributed by atoms with Crippen LogP contribution in [-0.2, 0) is 15.1 Å². The van der Waals surface area contributed by atoms with Crippen molar-refractivity contribution in [3.05, 3.63) is 29.8 Å². The zero-order chi connectivity index (χ0) is 13.3. The predicted octanol–water partition coefficient (Wildman–Crippen LogP) is 1.64. The molecule has 1 aliphatic heterocycles. The number of anilines is 1. The van der Waals surface area contributed by atoms with Gasteiger partial charge in [-0.25, -0.2) is 4.79 Å². The molecule has 5 nitrogen and oxygen atoms in total. The SMILES string of the molecule is O=C=NC1(c2ccc(N3CCC(=O)N3)cc2)CCC1. The number of hydrogen-bond donors (Lipinski definition) is 1. The Bertz CT molecular complexity index is 542. The molecule has 3 rings (SSSR count). The summed E-state index contributed by atoms with van der Waals surface area (Å²) in [4.78, 5) is 25.7. The van der Waals surface area contributed by atoms with Crippen LogP contribution >= 0.6 is 0 Å². The van der Waals surface area contributed by atoms with E-state index in [1.807, 2.05) is 29.3 Å². The first kappa shape index (κ1) is 11.9. The number of carbonyl (C=O) groups is 1. The van der Waals surface area contributed by atoms with Gasteiger partial charge in [0.25, 0.3) is 0 Å². The fourth-order valence-corrected chi connectivity index (χ4v) is 2.69. The summed E-state index contributed by atoms with van der Waals surface area (Å²) >= 11 is 0. The molecule has 1 aliphatic carbocycles. The van der Waals surface area contributed by atoms with Crippen LogP contribution in [-0.4, -0.2) is 18.5 Å². The largest absolute Gasteiger partial charge is 0.285 e. The molecule has 1 heterocycles. The van der Waals surface area contributed by atoms with Crippen molar-refractivity contribution in [1.29, 1.82) is 0 Å². The van der Waals surface area contributed by atoms with Gasteiger partial charge in [0.2, 0.25) is 12.0 Å². The number of benzene rings is 1. The van der Waals surface area contributed by atoms with E-state index in [0.29, 0.717) is 13.0 Å². The quantitative estimate of drug-likeness (QED) is 0.661. The van der Waals surface area contributed by atoms with Crippen molar-refractivity contribution in [3.8, 4) is 0 Å². The maximum atomic E-state index is 11.2. The maximum Gasteiger partial charge on any atom is 0.240 e. The number of rotatable bonds is 3. The second-order valence-corrected chi connectivity index (χ2v) is 5.07. The van der Waals surface area contributed by atoms with E-state index < -0.39 is 0 Å². The molecule has 0 atom stereocenters. The molecule has 1 saturated heterocycles. The summed E-state index contributed by atoms with van der Waals surface area (Å²) in [6.07, 6.45) is 5.12. The number of hydrazine groups is 1. The molecule has 1 aromatic carbocycles. The fourth-order valence-electron chi connectivity index (χ4n) is 2.69. The predicted molar refractivity (Wildman–Crippen MR) is 70.2 cm³/mol. The normalized spacial score (nSPS) is 20.4. The van der Waals surface area contributed by atoms with Crippen molar-refractivity contribution in [2.45, 2.75) is 31.2 Å². The second-order valence-electron chi connectivity index (χ2n) is 5.07. The van der Waals surface area contributed by atoms with Crippen LogP contribution in [0, 0.1) is 0 Å². The van der Waals surface area contributed by atoms with Gasteiger partial charge in [-0.2, -0.15) is 4.99 Å². The topological polar surface area (TPSA) is 61.8 Å². The van der Waals surface area contributed by atoms with Crippen LogP contribution in [0.5, 0.6) is 0 Å². The molecule has 1 saturated carbocycles. The molecule has 0 unspecified atom stereocenters. The summed E-state index contributed by atoms with van der Waals surface area (Å²) in [5, 5.41) is 1.84. The molecule has 0 spiro atoms. The lowest BCUT2D eigenvalue weighted by molar-refractivity contribution is -0.119. The zero-order valence-corrected chi connectivity index (χ0v) is 10.6. The lowest BCUT2D eigenvalue weighted by Crippen LogP contribution is -2.34. The Morgan fingerprint density at radius 1 is 1.26 bits per heavy atom. The van der Waals surface area contributed by atoms with Gasteiger partial charge >= 0.3 is 0 Å². The number of carbonyl (C=O) groups excluding carboxylic acids is 2. The van der Waals surface area contributed by atoms with Crippen LogP contribution in [0.3, 0.4) is 0 Å². The standard InChI is InChI=1S/C14H15N3O2/c18-10-15-14(7-1-8-14)11-2-4-12(5-3-11)17-9-6-13(19)16-17/h2-5H,1,6-9H2,(H,16,19). The van der Waals surface area contributed by atoms with E-state index in [1.54, 1.807) is 6.08 Å². The minimum atomic E-state index is -0.353. The Morgan fingerprint density at radius 2 is 2.00 bits per heavy atom. The van der Waals surface area contributed by atoms with Crippen molar-refractivity contribution < 1.29 is 9.59 Å². The highest BCUT2D eigenvalue weighted by Crippen LogP contribution is 2.44. The smallest absolute Gasteiger partial charge is 0.240 e. The fraction of sp³-hybridized carbons (Fsp3) is 0.429. The summed E-state index contributed by atoms with van der Waals surface area (Å²) in [7, 11) is 0. The Hall–Kier alpha value is -2.13. The highest BCUT2D eigenvalue weighted by atomic mass is 16.2. The van der Waals surface area contributed by atoms with Crippen LogP contribution in [0.2, 0.25) is 0 Å². The van der Waals surface area contributed by atoms with Crippen molar-refractivity contribution in [2.24, 2.45) is 4.99 Å². The van der Waals surface area contributed by atoms with Crippen molar-refractivity contribution in [1.82, 2.24) is 5.43 Å². The molecule has 98 valence electrons. The highest BCUT2D eigenvalue weighted by molar-refractivity contribution is 5.81. The third kappa shape index (κ3) is 2.02. The molecule has 0 aromatic heterocycles. The van der Waals surface area contributed by atoms with Crippen LogP contribution in [0.25, 0.3) is 0 Å². The van der Waals surface area contributed by atoms with Crippen LogP contribution in [0.15, 0.2) is 29.3 Å². The molecule has 5 heteroatoms. The summed E-state index contributed by atoms with van der Waals surface area (Å²) in [5.41, 5.74) is 4.45. The molecule has 1 N–H and O–H groups in total. The summed E-state index contributed by atoms with van der Waals surface area (Å²) < 4.78 is 0. The Balaban J connectivity index is 1.82. The molecular weight excluding hydrogens is 242 g/mol. The molecule has 1 amide bonds. The van der Waals surface area contributed by atoms with E-state index in [2.05, 4.69) is 10.4 Å². The minimum absolute atomic E-state index is 0.0464. The molecule has 0 bridgehead atoms. The summed E-state index contributed by atoms with van der Waals surface area (Å²) in [6, 6.07) is 7.89. The van der Waals surface area contributed by atoms with Crippen molar-refractivity contribution in [3.63, 3.8) is 0 Å². The highest BCUT2D eigenvalue weighted by Gasteiger charge is 2.38. The van der Waals surface area contributed by atoms with Gasteiger partial charge in [-0.15, -0.1) is 0 Å². The Morgan fingerprint density at radius 3 is 2.47 bits per heavy atom. The molecule has 1 aromatic rings. The number of nitrogens with zero attached hydrogens (tertiary/aromatic N) is 2. The number of hydrogen-bond acceptors (Lipinski definition) is 4. The molecule has 2 fully saturated rings. The number of aliphatic imine (C=N–C) groups is 1. The number of nitrogens with one attached hydrogen (secondary N) is 1. The summed E-state index contributed by atoms with van der Waals surface area (Å²) in [6.45, 7) is 0.690. The van der Waals surface area contributed by atoms with E-state index in [4.69, 9.17) is 0 Å². The lowest BCUT2D eigenvalue weighted by atomic mass is 9.72.